The van der Waals surface area contributed by atoms with Crippen LogP contribution in [-0.4, -0.2) is 65.8 Å². The number of hydrogen-bond donors (Lipinski definition) is 2. The number of likely N-dealkylation sites (tertiary alicyclic amines) is 1. The van der Waals surface area contributed by atoms with Crippen LogP contribution in [0.3, 0.4) is 0 Å². The normalized spacial score (nSPS) is 22.3. The molecule has 11 heteroatoms. The Bertz CT molecular complexity index is 1750. The van der Waals surface area contributed by atoms with Crippen molar-refractivity contribution in [2.24, 2.45) is 6.98 Å². The molecule has 1 aliphatic heterocycles. The SMILES string of the molecule is [2H]C([2H])(CC1CCCN1C)NS(=O)(=O)c1ccc(OCCC)c(-c2nc3c(CC([2H])([2H])C([2H])([2H])[2H])nn(C([2H])([2H])[2H])c3c(=O)[nH]2)c1. The van der Waals surface area contributed by atoms with E-state index in [1.165, 1.54) is 12.1 Å². The summed E-state index contributed by atoms with van der Waals surface area (Å²) in [4.78, 5) is 21.7. The van der Waals surface area contributed by atoms with Crippen LogP contribution in [-0.2, 0) is 23.4 Å². The standard InChI is InChI=1S/C25H36N6O4S/c1-5-8-20-22-23(31(4)29-20)25(32)28-24(27-22)19-16-18(10-11-21(19)35-15-6-2)36(33,34)26-13-12-17-9-7-14-30(17)3/h10-11,16-17,26H,5-9,12-15H2,1-4H3,(H,27,28,32)/i1D3,4D3,5D2,13D2. The van der Waals surface area contributed by atoms with Gasteiger partial charge in [0.1, 0.15) is 17.1 Å². The van der Waals surface area contributed by atoms with Gasteiger partial charge in [0.15, 0.2) is 5.52 Å². The fourth-order valence-electron chi connectivity index (χ4n) is 4.16. The molecule has 10 nitrogen and oxygen atoms in total. The van der Waals surface area contributed by atoms with E-state index in [4.69, 9.17) is 18.4 Å². The molecule has 3 heterocycles. The Morgan fingerprint density at radius 1 is 1.39 bits per heavy atom. The van der Waals surface area contributed by atoms with Gasteiger partial charge in [-0.25, -0.2) is 18.1 Å². The lowest BCUT2D eigenvalue weighted by molar-refractivity contribution is 0.297. The number of fused-ring (bicyclic) bond motifs is 1. The molecule has 0 amide bonds. The number of nitrogens with zero attached hydrogens (tertiary/aromatic N) is 4. The van der Waals surface area contributed by atoms with Crippen molar-refractivity contribution >= 4 is 21.1 Å². The van der Waals surface area contributed by atoms with Crippen molar-refractivity contribution in [3.8, 4) is 17.1 Å². The van der Waals surface area contributed by atoms with Crippen molar-refractivity contribution in [2.45, 2.75) is 63.2 Å². The zero-order valence-corrected chi connectivity index (χ0v) is 20.9. The van der Waals surface area contributed by atoms with Crippen LogP contribution in [0.5, 0.6) is 5.75 Å². The summed E-state index contributed by atoms with van der Waals surface area (Å²) in [7, 11) is -2.64. The molecule has 196 valence electrons. The first-order chi connectivity index (χ1) is 21.1. The maximum atomic E-state index is 13.4. The van der Waals surface area contributed by atoms with Gasteiger partial charge in [-0.2, -0.15) is 5.10 Å². The number of H-pyrrole nitrogens is 1. The Balaban J connectivity index is 1.86. The maximum Gasteiger partial charge on any atom is 0.277 e. The third-order valence-electron chi connectivity index (χ3n) is 6.05. The van der Waals surface area contributed by atoms with E-state index in [0.29, 0.717) is 11.1 Å². The molecule has 1 unspecified atom stereocenters. The molecule has 0 saturated carbocycles. The molecule has 1 aromatic carbocycles. The minimum absolute atomic E-state index is 0.0576. The first-order valence-corrected chi connectivity index (χ1v) is 13.1. The van der Waals surface area contributed by atoms with Gasteiger partial charge in [0, 0.05) is 33.2 Å². The summed E-state index contributed by atoms with van der Waals surface area (Å²) in [5, 5.41) is 3.87. The Morgan fingerprint density at radius 2 is 2.25 bits per heavy atom. The van der Waals surface area contributed by atoms with Gasteiger partial charge in [-0.3, -0.25) is 9.48 Å². The third-order valence-corrected chi connectivity index (χ3v) is 7.34. The Kier molecular flexibility index (Phi) is 4.98. The minimum atomic E-state index is -4.48. The molecule has 1 saturated heterocycles. The highest BCUT2D eigenvalue weighted by Gasteiger charge is 2.23. The molecule has 3 aromatic rings. The summed E-state index contributed by atoms with van der Waals surface area (Å²) in [5.74, 6) is -0.210. The second-order valence-electron chi connectivity index (χ2n) is 8.59. The monoisotopic (exact) mass is 526 g/mol. The molecule has 0 bridgehead atoms. The molecule has 1 aliphatic rings. The first-order valence-electron chi connectivity index (χ1n) is 16.6. The molecule has 0 radical (unpaired) electrons. The van der Waals surface area contributed by atoms with Crippen LogP contribution in [0.2, 0.25) is 0 Å². The van der Waals surface area contributed by atoms with E-state index in [-0.39, 0.29) is 41.1 Å². The number of rotatable bonds is 11. The Labute approximate surface area is 226 Å². The number of aromatic amines is 1. The fourth-order valence-corrected chi connectivity index (χ4v) is 5.07. The number of aryl methyl sites for hydroxylation is 2. The summed E-state index contributed by atoms with van der Waals surface area (Å²) >= 11 is 0. The number of nitrogens with one attached hydrogen (secondary N) is 2. The van der Waals surface area contributed by atoms with E-state index in [1.807, 2.05) is 18.9 Å². The van der Waals surface area contributed by atoms with Gasteiger partial charge in [-0.05, 0) is 63.9 Å². The quantitative estimate of drug-likeness (QED) is 0.394. The molecule has 1 fully saturated rings. The molecule has 2 N–H and O–H groups in total. The van der Waals surface area contributed by atoms with Gasteiger partial charge < -0.3 is 14.6 Å². The molecular formula is C25H36N6O4S. The largest absolute Gasteiger partial charge is 0.493 e. The van der Waals surface area contributed by atoms with Crippen LogP contribution in [0.4, 0.5) is 0 Å². The minimum Gasteiger partial charge on any atom is -0.493 e. The van der Waals surface area contributed by atoms with Crippen molar-refractivity contribution < 1.29 is 26.9 Å². The molecule has 0 aliphatic carbocycles. The average Bonchev–Trinajstić information content (AvgIpc) is 3.48. The van der Waals surface area contributed by atoms with Crippen LogP contribution in [0.25, 0.3) is 22.4 Å². The lowest BCUT2D eigenvalue weighted by Crippen LogP contribution is -2.31. The maximum absolute atomic E-state index is 13.4. The van der Waals surface area contributed by atoms with Crippen LogP contribution in [0.15, 0.2) is 27.9 Å². The number of ether oxygens (including phenoxy) is 1. The van der Waals surface area contributed by atoms with Gasteiger partial charge in [0.05, 0.1) is 22.8 Å². The van der Waals surface area contributed by atoms with Crippen LogP contribution < -0.4 is 15.0 Å². The first kappa shape index (κ1) is 16.2. The smallest absolute Gasteiger partial charge is 0.277 e. The number of sulfonamides is 1. The van der Waals surface area contributed by atoms with Gasteiger partial charge in [0.2, 0.25) is 10.0 Å². The van der Waals surface area contributed by atoms with Crippen molar-refractivity contribution in [2.75, 3.05) is 26.7 Å². The molecule has 36 heavy (non-hydrogen) atoms. The third kappa shape index (κ3) is 5.47. The number of hydrogen-bond acceptors (Lipinski definition) is 7. The van der Waals surface area contributed by atoms with Gasteiger partial charge in [-0.15, -0.1) is 0 Å². The van der Waals surface area contributed by atoms with Crippen molar-refractivity contribution in [3.05, 3.63) is 34.2 Å². The molecule has 2 aromatic heterocycles. The molecule has 1 atom stereocenters. The number of benzene rings is 1. The van der Waals surface area contributed by atoms with Gasteiger partial charge >= 0.3 is 0 Å². The summed E-state index contributed by atoms with van der Waals surface area (Å²) in [5.41, 5.74) is -2.45. The fraction of sp³-hybridized carbons (Fsp3) is 0.560. The summed E-state index contributed by atoms with van der Waals surface area (Å²) in [6.07, 6.45) is -1.73. The van der Waals surface area contributed by atoms with Crippen LogP contribution >= 0.6 is 0 Å². The Hall–Kier alpha value is -2.76. The second-order valence-corrected chi connectivity index (χ2v) is 10.3. The zero-order chi connectivity index (χ0) is 34.5. The highest BCUT2D eigenvalue weighted by Crippen LogP contribution is 2.31. The van der Waals surface area contributed by atoms with Gasteiger partial charge in [0.25, 0.3) is 5.56 Å². The average molecular weight is 527 g/mol. The molecule has 4 rings (SSSR count). The molecular weight excluding hydrogens is 480 g/mol. The van der Waals surface area contributed by atoms with Crippen LogP contribution in [0.1, 0.15) is 65.2 Å². The zero-order valence-electron chi connectivity index (χ0n) is 30.1. The predicted molar refractivity (Wildman–Crippen MR) is 140 cm³/mol. The number of aromatic nitrogens is 4. The van der Waals surface area contributed by atoms with Crippen molar-refractivity contribution in [1.82, 2.24) is 29.4 Å². The Morgan fingerprint density at radius 3 is 2.97 bits per heavy atom. The van der Waals surface area contributed by atoms with E-state index in [2.05, 4.69) is 19.8 Å². The second kappa shape index (κ2) is 11.1. The van der Waals surface area contributed by atoms with E-state index in [0.717, 1.165) is 25.5 Å². The van der Waals surface area contributed by atoms with Crippen LogP contribution in [0, 0.1) is 0 Å². The highest BCUT2D eigenvalue weighted by molar-refractivity contribution is 7.89. The lowest BCUT2D eigenvalue weighted by atomic mass is 10.1. The predicted octanol–water partition coefficient (Wildman–Crippen LogP) is 2.83. The van der Waals surface area contributed by atoms with Gasteiger partial charge in [-0.1, -0.05) is 20.1 Å². The van der Waals surface area contributed by atoms with E-state index in [9.17, 15) is 13.2 Å². The molecule has 0 spiro atoms. The summed E-state index contributed by atoms with van der Waals surface area (Å²) < 4.78 is 114. The summed E-state index contributed by atoms with van der Waals surface area (Å²) in [6.45, 7) is -5.65. The van der Waals surface area contributed by atoms with E-state index >= 15 is 0 Å². The van der Waals surface area contributed by atoms with Crippen molar-refractivity contribution in [3.63, 3.8) is 0 Å². The topological polar surface area (TPSA) is 122 Å². The van der Waals surface area contributed by atoms with E-state index in [1.54, 1.807) is 0 Å². The highest BCUT2D eigenvalue weighted by atomic mass is 32.2. The van der Waals surface area contributed by atoms with Crippen molar-refractivity contribution in [1.29, 1.82) is 0 Å². The van der Waals surface area contributed by atoms with E-state index < -0.39 is 65.4 Å². The lowest BCUT2D eigenvalue weighted by Gasteiger charge is -2.19. The summed E-state index contributed by atoms with van der Waals surface area (Å²) in [6, 6.07) is 3.48.